The van der Waals surface area contributed by atoms with Crippen molar-refractivity contribution in [3.63, 3.8) is 0 Å². The van der Waals surface area contributed by atoms with Crippen LogP contribution < -0.4 is 9.47 Å². The molecule has 86 valence electrons. The first kappa shape index (κ1) is 12.6. The lowest BCUT2D eigenvalue weighted by molar-refractivity contribution is -0.275. The smallest absolute Gasteiger partial charge is 0.492 e. The van der Waals surface area contributed by atoms with Crippen LogP contribution in [0.3, 0.4) is 0 Å². The van der Waals surface area contributed by atoms with Gasteiger partial charge in [-0.25, -0.2) is 4.98 Å². The van der Waals surface area contributed by atoms with Gasteiger partial charge in [0, 0.05) is 0 Å². The molecular weight excluding hydrogens is 293 g/mol. The zero-order chi connectivity index (χ0) is 12.3. The lowest BCUT2D eigenvalue weighted by Crippen LogP contribution is -2.17. The molecule has 8 heteroatoms. The molecule has 1 heterocycles. The molecule has 0 aliphatic heterocycles. The van der Waals surface area contributed by atoms with E-state index in [2.05, 4.69) is 25.7 Å². The Labute approximate surface area is 96.7 Å². The fourth-order valence-electron chi connectivity index (χ4n) is 0.916. The van der Waals surface area contributed by atoms with Gasteiger partial charge in [0.2, 0.25) is 0 Å². The van der Waals surface area contributed by atoms with Gasteiger partial charge in [-0.3, -0.25) is 0 Å². The Bertz CT molecular complexity index is 442. The molecule has 0 aliphatic carbocycles. The third kappa shape index (κ3) is 2.76. The van der Waals surface area contributed by atoms with E-state index >= 15 is 0 Å². The SMILES string of the molecule is COc1c(C#N)ncc(OC(F)(F)F)c1Br. The van der Waals surface area contributed by atoms with Crippen molar-refractivity contribution in [2.45, 2.75) is 6.36 Å². The van der Waals surface area contributed by atoms with E-state index in [4.69, 9.17) is 10.00 Å². The fourth-order valence-corrected chi connectivity index (χ4v) is 1.45. The van der Waals surface area contributed by atoms with Crippen molar-refractivity contribution in [1.82, 2.24) is 4.98 Å². The van der Waals surface area contributed by atoms with Crippen molar-refractivity contribution < 1.29 is 22.6 Å². The number of methoxy groups -OCH3 is 1. The summed E-state index contributed by atoms with van der Waals surface area (Å²) >= 11 is 2.84. The lowest BCUT2D eigenvalue weighted by Gasteiger charge is -2.12. The summed E-state index contributed by atoms with van der Waals surface area (Å²) in [6.45, 7) is 0. The monoisotopic (exact) mass is 296 g/mol. The van der Waals surface area contributed by atoms with Crippen LogP contribution in [0.5, 0.6) is 11.5 Å². The zero-order valence-corrected chi connectivity index (χ0v) is 9.39. The minimum atomic E-state index is -4.83. The molecule has 0 atom stereocenters. The van der Waals surface area contributed by atoms with Gasteiger partial charge in [0.05, 0.1) is 13.3 Å². The first-order chi connectivity index (χ1) is 7.39. The van der Waals surface area contributed by atoms with E-state index in [1.807, 2.05) is 0 Å². The number of rotatable bonds is 2. The maximum atomic E-state index is 12.0. The number of alkyl halides is 3. The zero-order valence-electron chi connectivity index (χ0n) is 7.80. The molecule has 4 nitrogen and oxygen atoms in total. The molecule has 0 spiro atoms. The standard InChI is InChI=1S/C8H4BrF3N2O2/c1-15-7-4(2-13)14-3-5(6(7)9)16-8(10,11)12/h3H,1H3. The second-order valence-corrected chi connectivity index (χ2v) is 3.27. The predicted molar refractivity (Wildman–Crippen MR) is 49.9 cm³/mol. The number of pyridine rings is 1. The van der Waals surface area contributed by atoms with E-state index < -0.39 is 12.1 Å². The van der Waals surface area contributed by atoms with Crippen LogP contribution in [-0.4, -0.2) is 18.5 Å². The number of hydrogen-bond donors (Lipinski definition) is 0. The van der Waals surface area contributed by atoms with E-state index in [-0.39, 0.29) is 15.9 Å². The normalized spacial score (nSPS) is 10.8. The van der Waals surface area contributed by atoms with Crippen LogP contribution in [-0.2, 0) is 0 Å². The average Bonchev–Trinajstić information content (AvgIpc) is 2.19. The molecule has 0 aliphatic rings. The summed E-state index contributed by atoms with van der Waals surface area (Å²) in [6, 6.07) is 1.67. The van der Waals surface area contributed by atoms with Gasteiger partial charge >= 0.3 is 6.36 Å². The molecule has 0 N–H and O–H groups in total. The van der Waals surface area contributed by atoms with E-state index in [0.717, 1.165) is 6.20 Å². The van der Waals surface area contributed by atoms with Crippen LogP contribution in [0.4, 0.5) is 13.2 Å². The molecule has 16 heavy (non-hydrogen) atoms. The van der Waals surface area contributed by atoms with Crippen LogP contribution in [0.15, 0.2) is 10.7 Å². The van der Waals surface area contributed by atoms with Crippen LogP contribution in [0.1, 0.15) is 5.69 Å². The van der Waals surface area contributed by atoms with E-state index in [1.165, 1.54) is 7.11 Å². The van der Waals surface area contributed by atoms with Crippen LogP contribution in [0.2, 0.25) is 0 Å². The van der Waals surface area contributed by atoms with Crippen LogP contribution >= 0.6 is 15.9 Å². The maximum absolute atomic E-state index is 12.0. The number of ether oxygens (including phenoxy) is 2. The topological polar surface area (TPSA) is 55.1 Å². The molecule has 0 radical (unpaired) electrons. The van der Waals surface area contributed by atoms with E-state index in [1.54, 1.807) is 6.07 Å². The van der Waals surface area contributed by atoms with E-state index in [0.29, 0.717) is 0 Å². The summed E-state index contributed by atoms with van der Waals surface area (Å²) in [5.74, 6) is -0.674. The Morgan fingerprint density at radius 2 is 2.12 bits per heavy atom. The molecule has 0 bridgehead atoms. The minimum absolute atomic E-state index is 0.107. The van der Waals surface area contributed by atoms with Crippen molar-refractivity contribution in [2.24, 2.45) is 0 Å². The molecule has 1 aromatic heterocycles. The number of aromatic nitrogens is 1. The number of nitrogens with zero attached hydrogens (tertiary/aromatic N) is 2. The van der Waals surface area contributed by atoms with Crippen LogP contribution in [0, 0.1) is 11.3 Å². The maximum Gasteiger partial charge on any atom is 0.573 e. The van der Waals surface area contributed by atoms with Gasteiger partial charge in [0.1, 0.15) is 10.5 Å². The third-order valence-electron chi connectivity index (χ3n) is 1.48. The first-order valence-corrected chi connectivity index (χ1v) is 4.56. The molecule has 1 rings (SSSR count). The molecule has 0 aromatic carbocycles. The average molecular weight is 297 g/mol. The highest BCUT2D eigenvalue weighted by Gasteiger charge is 2.33. The van der Waals surface area contributed by atoms with Crippen LogP contribution in [0.25, 0.3) is 0 Å². The highest BCUT2D eigenvalue weighted by molar-refractivity contribution is 9.10. The van der Waals surface area contributed by atoms with Crippen molar-refractivity contribution >= 4 is 15.9 Å². The van der Waals surface area contributed by atoms with Gasteiger partial charge in [0.15, 0.2) is 17.2 Å². The molecule has 0 saturated carbocycles. The van der Waals surface area contributed by atoms with Gasteiger partial charge in [-0.1, -0.05) is 0 Å². The Morgan fingerprint density at radius 1 is 1.50 bits per heavy atom. The quantitative estimate of drug-likeness (QED) is 0.842. The van der Waals surface area contributed by atoms with Gasteiger partial charge in [0.25, 0.3) is 0 Å². The molecule has 0 saturated heterocycles. The summed E-state index contributed by atoms with van der Waals surface area (Å²) in [5, 5.41) is 8.62. The molecule has 1 aromatic rings. The van der Waals surface area contributed by atoms with Crippen molar-refractivity contribution in [3.05, 3.63) is 16.4 Å². The molecule has 0 unspecified atom stereocenters. The summed E-state index contributed by atoms with van der Waals surface area (Å²) in [5.41, 5.74) is -0.135. The number of hydrogen-bond acceptors (Lipinski definition) is 4. The Kier molecular flexibility index (Phi) is 3.59. The first-order valence-electron chi connectivity index (χ1n) is 3.77. The lowest BCUT2D eigenvalue weighted by atomic mass is 10.3. The van der Waals surface area contributed by atoms with Crippen molar-refractivity contribution in [2.75, 3.05) is 7.11 Å². The molecule has 0 amide bonds. The summed E-state index contributed by atoms with van der Waals surface area (Å²) in [4.78, 5) is 3.47. The largest absolute Gasteiger partial charge is 0.573 e. The second-order valence-electron chi connectivity index (χ2n) is 2.48. The summed E-state index contributed by atoms with van der Waals surface area (Å²) in [7, 11) is 1.21. The Hall–Kier alpha value is -1.49. The summed E-state index contributed by atoms with van der Waals surface area (Å²) < 4.78 is 44.2. The predicted octanol–water partition coefficient (Wildman–Crippen LogP) is 2.62. The fraction of sp³-hybridized carbons (Fsp3) is 0.250. The number of halogens is 4. The van der Waals surface area contributed by atoms with Gasteiger partial charge in [-0.05, 0) is 15.9 Å². The third-order valence-corrected chi connectivity index (χ3v) is 2.23. The Morgan fingerprint density at radius 3 is 2.56 bits per heavy atom. The van der Waals surface area contributed by atoms with E-state index in [9.17, 15) is 13.2 Å². The van der Waals surface area contributed by atoms with Gasteiger partial charge < -0.3 is 9.47 Å². The summed E-state index contributed by atoms with van der Waals surface area (Å²) in [6.07, 6.45) is -4.04. The van der Waals surface area contributed by atoms with Gasteiger partial charge in [-0.2, -0.15) is 5.26 Å². The van der Waals surface area contributed by atoms with Crippen molar-refractivity contribution in [1.29, 1.82) is 5.26 Å². The number of nitriles is 1. The Balaban J connectivity index is 3.20. The molecular formula is C8H4BrF3N2O2. The minimum Gasteiger partial charge on any atom is -0.492 e. The second kappa shape index (κ2) is 4.57. The van der Waals surface area contributed by atoms with Crippen molar-refractivity contribution in [3.8, 4) is 17.6 Å². The van der Waals surface area contributed by atoms with Gasteiger partial charge in [-0.15, -0.1) is 13.2 Å². The highest BCUT2D eigenvalue weighted by Crippen LogP contribution is 2.37. The molecule has 0 fully saturated rings. The highest BCUT2D eigenvalue weighted by atomic mass is 79.9.